The lowest BCUT2D eigenvalue weighted by Crippen LogP contribution is -2.50. The molecule has 4 rings (SSSR count). The molecular weight excluding hydrogens is 402 g/mol. The number of nitrogens with one attached hydrogen (secondary N) is 1. The minimum atomic E-state index is -4.18. The van der Waals surface area contributed by atoms with Crippen LogP contribution in [-0.4, -0.2) is 25.5 Å². The van der Waals surface area contributed by atoms with Gasteiger partial charge in [-0.05, 0) is 79.0 Å². The molecule has 164 valence electrons. The van der Waals surface area contributed by atoms with Crippen LogP contribution >= 0.6 is 0 Å². The Hall–Kier alpha value is -1.86. The Bertz CT molecular complexity index is 974. The van der Waals surface area contributed by atoms with Crippen LogP contribution in [-0.2, 0) is 26.9 Å². The van der Waals surface area contributed by atoms with Gasteiger partial charge in [0.25, 0.3) is 0 Å². The number of aliphatic hydroxyl groups excluding tert-OH is 1. The van der Waals surface area contributed by atoms with Gasteiger partial charge in [-0.3, -0.25) is 4.79 Å². The molecule has 7 heteroatoms. The second-order valence-electron chi connectivity index (χ2n) is 9.32. The highest BCUT2D eigenvalue weighted by Crippen LogP contribution is 2.64. The maximum Gasteiger partial charge on any atom is 0.409 e. The fraction of sp³-hybridized carbons (Fsp3) is 0.609. The van der Waals surface area contributed by atoms with Gasteiger partial charge in [0, 0.05) is 12.3 Å². The van der Waals surface area contributed by atoms with E-state index in [1.54, 1.807) is 12.1 Å². The Kier molecular flexibility index (Phi) is 5.26. The van der Waals surface area contributed by atoms with E-state index in [1.807, 2.05) is 10.8 Å². The lowest BCUT2D eigenvalue weighted by atomic mass is 9.48. The average molecular weight is 434 g/mol. The van der Waals surface area contributed by atoms with Crippen molar-refractivity contribution >= 4 is 16.2 Å². The van der Waals surface area contributed by atoms with Gasteiger partial charge in [0.05, 0.1) is 6.10 Å². The van der Waals surface area contributed by atoms with Crippen molar-refractivity contribution in [2.75, 3.05) is 0 Å². The molecule has 1 amide bonds. The predicted octanol–water partition coefficient (Wildman–Crippen LogP) is 3.39. The lowest BCUT2D eigenvalue weighted by Gasteiger charge is -2.56. The number of allylic oxidation sites excluding steroid dienone is 1. The molecule has 2 unspecified atom stereocenters. The molecule has 3 aliphatic carbocycles. The number of aliphatic hydroxyl groups is 1. The van der Waals surface area contributed by atoms with E-state index < -0.39 is 16.2 Å². The molecule has 6 nitrogen and oxygen atoms in total. The maximum atomic E-state index is 12.0. The van der Waals surface area contributed by atoms with E-state index in [2.05, 4.69) is 19.6 Å². The van der Waals surface area contributed by atoms with E-state index in [1.165, 1.54) is 5.56 Å². The molecule has 0 saturated heterocycles. The van der Waals surface area contributed by atoms with E-state index >= 15 is 0 Å². The van der Waals surface area contributed by atoms with Gasteiger partial charge in [-0.2, -0.15) is 8.42 Å². The summed E-state index contributed by atoms with van der Waals surface area (Å²) in [5, 5.41) is 10.5. The smallest absolute Gasteiger partial charge is 0.393 e. The summed E-state index contributed by atoms with van der Waals surface area (Å²) in [6.07, 6.45) is 8.62. The van der Waals surface area contributed by atoms with Crippen molar-refractivity contribution in [3.8, 4) is 5.75 Å². The minimum absolute atomic E-state index is 0.157. The van der Waals surface area contributed by atoms with E-state index in [-0.39, 0.29) is 22.7 Å². The zero-order valence-corrected chi connectivity index (χ0v) is 18.5. The second-order valence-corrected chi connectivity index (χ2v) is 10.6. The summed E-state index contributed by atoms with van der Waals surface area (Å²) in [5.74, 6) is 0.425. The third-order valence-corrected chi connectivity index (χ3v) is 8.93. The molecule has 2 saturated carbocycles. The summed E-state index contributed by atoms with van der Waals surface area (Å²) in [5.41, 5.74) is 2.34. The molecule has 5 atom stereocenters. The minimum Gasteiger partial charge on any atom is -0.393 e. The third-order valence-electron chi connectivity index (χ3n) is 7.98. The van der Waals surface area contributed by atoms with Gasteiger partial charge in [0.1, 0.15) is 5.75 Å². The van der Waals surface area contributed by atoms with Crippen molar-refractivity contribution in [3.05, 3.63) is 42.0 Å². The van der Waals surface area contributed by atoms with Gasteiger partial charge in [-0.25, -0.2) is 4.72 Å². The normalized spacial score (nSPS) is 35.0. The van der Waals surface area contributed by atoms with Crippen LogP contribution in [0.25, 0.3) is 0 Å². The van der Waals surface area contributed by atoms with Crippen LogP contribution < -0.4 is 8.91 Å². The summed E-state index contributed by atoms with van der Waals surface area (Å²) >= 11 is 0. The van der Waals surface area contributed by atoms with Gasteiger partial charge in [0.2, 0.25) is 5.91 Å². The second kappa shape index (κ2) is 7.38. The summed E-state index contributed by atoms with van der Waals surface area (Å²) in [7, 11) is -4.18. The van der Waals surface area contributed by atoms with E-state index in [9.17, 15) is 18.3 Å². The lowest BCUT2D eigenvalue weighted by molar-refractivity contribution is -0.117. The highest BCUT2D eigenvalue weighted by Gasteiger charge is 2.58. The Morgan fingerprint density at radius 2 is 2.13 bits per heavy atom. The predicted molar refractivity (Wildman–Crippen MR) is 114 cm³/mol. The van der Waals surface area contributed by atoms with E-state index in [0.29, 0.717) is 11.8 Å². The van der Waals surface area contributed by atoms with Crippen molar-refractivity contribution in [2.45, 2.75) is 70.3 Å². The number of hydrogen-bond donors (Lipinski definition) is 2. The Balaban J connectivity index is 1.68. The van der Waals surface area contributed by atoms with Crippen LogP contribution in [0.5, 0.6) is 5.75 Å². The molecule has 30 heavy (non-hydrogen) atoms. The SMILES string of the molecule is C=C[C@]12CC[C@]3(CC)C[C@H](O)CC3C1CCc1cc(OS(=O)(=O)NC(C)=O)ccc12. The molecule has 0 bridgehead atoms. The molecule has 0 spiro atoms. The summed E-state index contributed by atoms with van der Waals surface area (Å²) < 4.78 is 30.8. The first-order valence-corrected chi connectivity index (χ1v) is 12.2. The number of carbonyl (C=O) groups excluding carboxylic acids is 1. The van der Waals surface area contributed by atoms with Crippen LogP contribution in [0.15, 0.2) is 30.9 Å². The molecular formula is C23H31NO5S. The van der Waals surface area contributed by atoms with E-state index in [0.717, 1.165) is 57.4 Å². The summed E-state index contributed by atoms with van der Waals surface area (Å²) in [6.45, 7) is 7.60. The zero-order valence-electron chi connectivity index (χ0n) is 17.7. The van der Waals surface area contributed by atoms with Crippen LogP contribution in [0, 0.1) is 17.3 Å². The fourth-order valence-corrected chi connectivity index (χ4v) is 7.53. The molecule has 0 aliphatic heterocycles. The number of aryl methyl sites for hydroxylation is 1. The maximum absolute atomic E-state index is 12.0. The largest absolute Gasteiger partial charge is 0.409 e. The quantitative estimate of drug-likeness (QED) is 0.695. The third kappa shape index (κ3) is 3.36. The Labute approximate surface area is 179 Å². The molecule has 1 aromatic rings. The molecule has 1 aromatic carbocycles. The summed E-state index contributed by atoms with van der Waals surface area (Å²) in [6, 6.07) is 5.41. The monoisotopic (exact) mass is 433 g/mol. The highest BCUT2D eigenvalue weighted by atomic mass is 32.2. The first-order chi connectivity index (χ1) is 14.1. The zero-order chi connectivity index (χ0) is 21.7. The van der Waals surface area contributed by atoms with Crippen molar-refractivity contribution in [3.63, 3.8) is 0 Å². The number of rotatable bonds is 5. The average Bonchev–Trinajstić information content (AvgIpc) is 3.02. The van der Waals surface area contributed by atoms with Crippen LogP contribution in [0.2, 0.25) is 0 Å². The molecule has 2 N–H and O–H groups in total. The van der Waals surface area contributed by atoms with Crippen molar-refractivity contribution in [2.24, 2.45) is 17.3 Å². The van der Waals surface area contributed by atoms with Gasteiger partial charge < -0.3 is 9.29 Å². The van der Waals surface area contributed by atoms with Crippen molar-refractivity contribution in [1.82, 2.24) is 4.72 Å². The van der Waals surface area contributed by atoms with Crippen molar-refractivity contribution < 1.29 is 22.5 Å². The first kappa shape index (κ1) is 21.4. The fourth-order valence-electron chi connectivity index (χ4n) is 6.78. The number of benzene rings is 1. The molecule has 2 fully saturated rings. The van der Waals surface area contributed by atoms with Gasteiger partial charge >= 0.3 is 10.3 Å². The molecule has 0 aromatic heterocycles. The molecule has 3 aliphatic rings. The van der Waals surface area contributed by atoms with Gasteiger partial charge in [-0.1, -0.05) is 25.5 Å². The van der Waals surface area contributed by atoms with Crippen LogP contribution in [0.1, 0.15) is 63.5 Å². The highest BCUT2D eigenvalue weighted by molar-refractivity contribution is 7.85. The number of fused-ring (bicyclic) bond motifs is 5. The molecule has 0 heterocycles. The van der Waals surface area contributed by atoms with Crippen LogP contribution in [0.3, 0.4) is 0 Å². The standard InChI is InChI=1S/C23H31NO5S/c1-4-22-10-11-23(5-2)19-9-7-18(29-30(27,28)24-15(3)25)12-16(19)6-8-20(23)21(22)13-17(26)14-22/h5,7,9,12,17,20-21,26H,2,4,6,8,10-11,13-14H2,1,3H3,(H,24,25)/t17-,20?,21?,22-,23-/m1/s1. The Morgan fingerprint density at radius 1 is 1.37 bits per heavy atom. The number of hydrogen-bond acceptors (Lipinski definition) is 5. The number of amides is 1. The van der Waals surface area contributed by atoms with Crippen LogP contribution in [0.4, 0.5) is 0 Å². The van der Waals surface area contributed by atoms with Crippen molar-refractivity contribution in [1.29, 1.82) is 0 Å². The van der Waals surface area contributed by atoms with Gasteiger partial charge in [0.15, 0.2) is 0 Å². The summed E-state index contributed by atoms with van der Waals surface area (Å²) in [4.78, 5) is 11.1. The van der Waals surface area contributed by atoms with Gasteiger partial charge in [-0.15, -0.1) is 6.58 Å². The molecule has 0 radical (unpaired) electrons. The first-order valence-electron chi connectivity index (χ1n) is 10.8. The van der Waals surface area contributed by atoms with E-state index in [4.69, 9.17) is 4.18 Å². The topological polar surface area (TPSA) is 92.7 Å². The number of carbonyl (C=O) groups is 1. The Morgan fingerprint density at radius 3 is 2.80 bits per heavy atom.